The summed E-state index contributed by atoms with van der Waals surface area (Å²) in [6, 6.07) is 6.62. The van der Waals surface area contributed by atoms with E-state index in [0.29, 0.717) is 18.7 Å². The Bertz CT molecular complexity index is 417. The van der Waals surface area contributed by atoms with E-state index < -0.39 is 0 Å². The molecule has 0 saturated carbocycles. The Hall–Kier alpha value is -0.960. The van der Waals surface area contributed by atoms with Crippen molar-refractivity contribution in [2.75, 3.05) is 12.8 Å². The predicted octanol–water partition coefficient (Wildman–Crippen LogP) is 2.45. The molecule has 17 heavy (non-hydrogen) atoms. The second-order valence-electron chi connectivity index (χ2n) is 4.68. The average molecular weight is 249 g/mol. The summed E-state index contributed by atoms with van der Waals surface area (Å²) in [6.45, 7) is 0.708. The zero-order valence-electron chi connectivity index (χ0n) is 10.3. The molecule has 1 aromatic carbocycles. The fourth-order valence-corrected chi connectivity index (χ4v) is 2.56. The minimum Gasteiger partial charge on any atom is -0.341 e. The fraction of sp³-hybridized carbons (Fsp3) is 0.500. The zero-order valence-corrected chi connectivity index (χ0v) is 11.2. The molecule has 2 rings (SSSR count). The maximum Gasteiger partial charge on any atom is 0.223 e. The lowest BCUT2D eigenvalue weighted by Gasteiger charge is -2.17. The Kier molecular flexibility index (Phi) is 4.11. The van der Waals surface area contributed by atoms with Crippen LogP contribution in [0.15, 0.2) is 18.2 Å². The number of amides is 1. The Labute approximate surface area is 108 Å². The molecule has 2 nitrogen and oxygen atoms in total. The van der Waals surface area contributed by atoms with Crippen molar-refractivity contribution in [3.8, 4) is 0 Å². The van der Waals surface area contributed by atoms with Gasteiger partial charge in [-0.15, -0.1) is 0 Å². The Morgan fingerprint density at radius 2 is 2.12 bits per heavy atom. The number of aryl methyl sites for hydroxylation is 2. The van der Waals surface area contributed by atoms with Crippen LogP contribution < -0.4 is 0 Å². The van der Waals surface area contributed by atoms with E-state index in [-0.39, 0.29) is 5.91 Å². The van der Waals surface area contributed by atoms with Crippen molar-refractivity contribution < 1.29 is 4.79 Å². The van der Waals surface area contributed by atoms with Gasteiger partial charge in [-0.25, -0.2) is 0 Å². The SMILES string of the molecule is CN(Cc1ccc2c(c1)CCC2)C(=O)CCS. The van der Waals surface area contributed by atoms with E-state index in [0.717, 1.165) is 0 Å². The monoisotopic (exact) mass is 249 g/mol. The topological polar surface area (TPSA) is 20.3 Å². The molecule has 0 heterocycles. The molecular formula is C14H19NOS. The van der Waals surface area contributed by atoms with Crippen LogP contribution in [0, 0.1) is 0 Å². The molecule has 1 aliphatic carbocycles. The molecule has 0 aromatic heterocycles. The normalized spacial score (nSPS) is 13.5. The number of nitrogens with zero attached hydrogens (tertiary/aromatic N) is 1. The van der Waals surface area contributed by atoms with Gasteiger partial charge in [-0.05, 0) is 41.7 Å². The van der Waals surface area contributed by atoms with Crippen LogP contribution in [-0.4, -0.2) is 23.6 Å². The summed E-state index contributed by atoms with van der Waals surface area (Å²) >= 11 is 4.09. The quantitative estimate of drug-likeness (QED) is 0.813. The van der Waals surface area contributed by atoms with Crippen molar-refractivity contribution in [2.24, 2.45) is 0 Å². The van der Waals surface area contributed by atoms with Gasteiger partial charge >= 0.3 is 0 Å². The summed E-state index contributed by atoms with van der Waals surface area (Å²) in [6.07, 6.45) is 4.19. The third kappa shape index (κ3) is 3.03. The number of rotatable bonds is 4. The zero-order chi connectivity index (χ0) is 12.3. The molecule has 0 radical (unpaired) electrons. The van der Waals surface area contributed by atoms with E-state index in [2.05, 4.69) is 30.8 Å². The van der Waals surface area contributed by atoms with Crippen LogP contribution in [0.1, 0.15) is 29.5 Å². The molecule has 0 N–H and O–H groups in total. The van der Waals surface area contributed by atoms with Crippen LogP contribution in [-0.2, 0) is 24.2 Å². The van der Waals surface area contributed by atoms with Gasteiger partial charge in [0.1, 0.15) is 0 Å². The Morgan fingerprint density at radius 1 is 1.35 bits per heavy atom. The number of carbonyl (C=O) groups is 1. The molecule has 1 amide bonds. The average Bonchev–Trinajstić information content (AvgIpc) is 2.76. The third-order valence-corrected chi connectivity index (χ3v) is 3.56. The minimum atomic E-state index is 0.167. The van der Waals surface area contributed by atoms with Crippen molar-refractivity contribution in [1.29, 1.82) is 0 Å². The lowest BCUT2D eigenvalue weighted by molar-refractivity contribution is -0.129. The van der Waals surface area contributed by atoms with Gasteiger partial charge in [-0.2, -0.15) is 12.6 Å². The van der Waals surface area contributed by atoms with Crippen LogP contribution in [0.25, 0.3) is 0 Å². The van der Waals surface area contributed by atoms with Crippen LogP contribution in [0.2, 0.25) is 0 Å². The van der Waals surface area contributed by atoms with Gasteiger partial charge in [0.2, 0.25) is 5.91 Å². The Balaban J connectivity index is 2.01. The van der Waals surface area contributed by atoms with Gasteiger partial charge < -0.3 is 4.90 Å². The summed E-state index contributed by atoms with van der Waals surface area (Å²) in [7, 11) is 1.86. The van der Waals surface area contributed by atoms with E-state index in [1.807, 2.05) is 7.05 Å². The molecule has 3 heteroatoms. The first-order valence-corrected chi connectivity index (χ1v) is 6.79. The predicted molar refractivity (Wildman–Crippen MR) is 73.4 cm³/mol. The fourth-order valence-electron chi connectivity index (χ4n) is 2.37. The highest BCUT2D eigenvalue weighted by molar-refractivity contribution is 7.80. The summed E-state index contributed by atoms with van der Waals surface area (Å²) in [5.41, 5.74) is 4.19. The molecule has 0 atom stereocenters. The summed E-state index contributed by atoms with van der Waals surface area (Å²) in [4.78, 5) is 13.4. The van der Waals surface area contributed by atoms with Crippen LogP contribution in [0.4, 0.5) is 0 Å². The maximum absolute atomic E-state index is 11.7. The summed E-state index contributed by atoms with van der Waals surface area (Å²) in [5, 5.41) is 0. The van der Waals surface area contributed by atoms with Crippen LogP contribution in [0.5, 0.6) is 0 Å². The highest BCUT2D eigenvalue weighted by Crippen LogP contribution is 2.23. The molecule has 0 unspecified atom stereocenters. The molecule has 1 aromatic rings. The molecule has 0 spiro atoms. The number of hydrogen-bond acceptors (Lipinski definition) is 2. The second-order valence-corrected chi connectivity index (χ2v) is 5.13. The second kappa shape index (κ2) is 5.58. The third-order valence-electron chi connectivity index (χ3n) is 3.33. The number of fused-ring (bicyclic) bond motifs is 1. The van der Waals surface area contributed by atoms with E-state index in [4.69, 9.17) is 0 Å². The van der Waals surface area contributed by atoms with Crippen LogP contribution in [0.3, 0.4) is 0 Å². The molecule has 0 fully saturated rings. The van der Waals surface area contributed by atoms with E-state index >= 15 is 0 Å². The van der Waals surface area contributed by atoms with Crippen molar-refractivity contribution in [3.05, 3.63) is 34.9 Å². The maximum atomic E-state index is 11.7. The molecular weight excluding hydrogens is 230 g/mol. The van der Waals surface area contributed by atoms with Crippen molar-refractivity contribution in [2.45, 2.75) is 32.2 Å². The van der Waals surface area contributed by atoms with Crippen LogP contribution >= 0.6 is 12.6 Å². The first kappa shape index (κ1) is 12.5. The van der Waals surface area contributed by atoms with Crippen molar-refractivity contribution >= 4 is 18.5 Å². The lowest BCUT2D eigenvalue weighted by Crippen LogP contribution is -2.26. The standard InChI is InChI=1S/C14H19NOS/c1-15(14(16)7-8-17)10-11-5-6-12-3-2-4-13(12)9-11/h5-6,9,17H,2-4,7-8,10H2,1H3. The van der Waals surface area contributed by atoms with Crippen molar-refractivity contribution in [1.82, 2.24) is 4.90 Å². The van der Waals surface area contributed by atoms with Crippen molar-refractivity contribution in [3.63, 3.8) is 0 Å². The first-order chi connectivity index (χ1) is 8.20. The first-order valence-electron chi connectivity index (χ1n) is 6.16. The number of thiol groups is 1. The van der Waals surface area contributed by atoms with Gasteiger partial charge in [-0.1, -0.05) is 18.2 Å². The van der Waals surface area contributed by atoms with Gasteiger partial charge in [0.25, 0.3) is 0 Å². The van der Waals surface area contributed by atoms with E-state index in [9.17, 15) is 4.79 Å². The number of hydrogen-bond donors (Lipinski definition) is 1. The van der Waals surface area contributed by atoms with E-state index in [1.165, 1.54) is 36.0 Å². The van der Waals surface area contributed by atoms with Gasteiger partial charge in [-0.3, -0.25) is 4.79 Å². The smallest absolute Gasteiger partial charge is 0.223 e. The number of benzene rings is 1. The van der Waals surface area contributed by atoms with Gasteiger partial charge in [0.05, 0.1) is 0 Å². The molecule has 0 aliphatic heterocycles. The molecule has 0 bridgehead atoms. The van der Waals surface area contributed by atoms with Gasteiger partial charge in [0, 0.05) is 20.0 Å². The molecule has 0 saturated heterocycles. The largest absolute Gasteiger partial charge is 0.341 e. The van der Waals surface area contributed by atoms with Gasteiger partial charge in [0.15, 0.2) is 0 Å². The Morgan fingerprint density at radius 3 is 2.88 bits per heavy atom. The highest BCUT2D eigenvalue weighted by atomic mass is 32.1. The summed E-state index contributed by atoms with van der Waals surface area (Å²) < 4.78 is 0. The lowest BCUT2D eigenvalue weighted by atomic mass is 10.1. The molecule has 1 aliphatic rings. The number of carbonyl (C=O) groups excluding carboxylic acids is 1. The highest BCUT2D eigenvalue weighted by Gasteiger charge is 2.13. The minimum absolute atomic E-state index is 0.167. The van der Waals surface area contributed by atoms with E-state index in [1.54, 1.807) is 4.90 Å². The summed E-state index contributed by atoms with van der Waals surface area (Å²) in [5.74, 6) is 0.786. The molecule has 92 valence electrons.